The number of carbonyl (C=O) groups is 2. The van der Waals surface area contributed by atoms with Gasteiger partial charge in [-0.3, -0.25) is 4.79 Å². The lowest BCUT2D eigenvalue weighted by molar-refractivity contribution is -0.137. The first kappa shape index (κ1) is 14.8. The molecule has 0 bridgehead atoms. The summed E-state index contributed by atoms with van der Waals surface area (Å²) in [5.41, 5.74) is 0. The summed E-state index contributed by atoms with van der Waals surface area (Å²) in [7, 11) is 0. The Morgan fingerprint density at radius 3 is 2.50 bits per heavy atom. The van der Waals surface area contributed by atoms with Crippen LogP contribution in [0.1, 0.15) is 51.9 Å². The summed E-state index contributed by atoms with van der Waals surface area (Å²) in [5, 5.41) is 14.2. The maximum atomic E-state index is 11.5. The molecule has 0 aliphatic heterocycles. The number of hydrogen-bond acceptors (Lipinski definition) is 2. The number of rotatable bonds is 9. The van der Waals surface area contributed by atoms with Gasteiger partial charge in [0, 0.05) is 19.0 Å². The van der Waals surface area contributed by atoms with Crippen LogP contribution in [-0.2, 0) is 4.79 Å². The van der Waals surface area contributed by atoms with Crippen molar-refractivity contribution < 1.29 is 14.7 Å². The first-order valence-electron chi connectivity index (χ1n) is 6.85. The Morgan fingerprint density at radius 1 is 1.22 bits per heavy atom. The minimum absolute atomic E-state index is 0.0834. The molecule has 0 heterocycles. The molecule has 5 heteroatoms. The van der Waals surface area contributed by atoms with Crippen LogP contribution >= 0.6 is 0 Å². The lowest BCUT2D eigenvalue weighted by atomic mass is 10.1. The molecular weight excluding hydrogens is 232 g/mol. The van der Waals surface area contributed by atoms with E-state index < -0.39 is 5.97 Å². The molecule has 0 saturated heterocycles. The van der Waals surface area contributed by atoms with Crippen molar-refractivity contribution in [2.24, 2.45) is 5.92 Å². The lowest BCUT2D eigenvalue weighted by Crippen LogP contribution is -2.42. The Hall–Kier alpha value is -1.26. The zero-order valence-corrected chi connectivity index (χ0v) is 11.1. The van der Waals surface area contributed by atoms with Crippen LogP contribution in [0.2, 0.25) is 0 Å². The summed E-state index contributed by atoms with van der Waals surface area (Å²) in [5.74, 6) is -0.0617. The van der Waals surface area contributed by atoms with E-state index in [1.54, 1.807) is 0 Å². The van der Waals surface area contributed by atoms with Crippen molar-refractivity contribution in [3.05, 3.63) is 0 Å². The van der Waals surface area contributed by atoms with Crippen molar-refractivity contribution in [2.75, 3.05) is 6.54 Å². The first-order chi connectivity index (χ1) is 8.59. The molecule has 1 unspecified atom stereocenters. The quantitative estimate of drug-likeness (QED) is 0.553. The third-order valence-electron chi connectivity index (χ3n) is 3.29. The molecule has 0 aromatic heterocycles. The number of carboxylic acids is 1. The smallest absolute Gasteiger partial charge is 0.315 e. The van der Waals surface area contributed by atoms with Crippen LogP contribution in [0.15, 0.2) is 0 Å². The molecule has 1 aliphatic rings. The molecule has 1 fully saturated rings. The summed E-state index contributed by atoms with van der Waals surface area (Å²) in [6.07, 6.45) is 6.20. The second kappa shape index (κ2) is 7.95. The molecule has 0 aromatic carbocycles. The summed E-state index contributed by atoms with van der Waals surface area (Å²) in [6, 6.07) is 0.195. The normalized spacial score (nSPS) is 16.1. The van der Waals surface area contributed by atoms with Gasteiger partial charge in [0.1, 0.15) is 0 Å². The zero-order valence-electron chi connectivity index (χ0n) is 11.1. The van der Waals surface area contributed by atoms with E-state index in [4.69, 9.17) is 5.11 Å². The van der Waals surface area contributed by atoms with Crippen LogP contribution in [0.4, 0.5) is 4.79 Å². The molecule has 2 amide bonds. The number of urea groups is 1. The van der Waals surface area contributed by atoms with Gasteiger partial charge >= 0.3 is 12.0 Å². The highest BCUT2D eigenvalue weighted by atomic mass is 16.4. The summed E-state index contributed by atoms with van der Waals surface area (Å²) in [4.78, 5) is 21.7. The molecule has 0 radical (unpaired) electrons. The fourth-order valence-electron chi connectivity index (χ4n) is 1.93. The van der Waals surface area contributed by atoms with Gasteiger partial charge in [-0.1, -0.05) is 12.8 Å². The van der Waals surface area contributed by atoms with E-state index in [-0.39, 0.29) is 18.5 Å². The molecule has 0 aromatic rings. The Balaban J connectivity index is 1.87. The maximum absolute atomic E-state index is 11.5. The van der Waals surface area contributed by atoms with Gasteiger partial charge in [-0.15, -0.1) is 0 Å². The minimum atomic E-state index is -0.735. The van der Waals surface area contributed by atoms with Crippen LogP contribution in [0.5, 0.6) is 0 Å². The number of amides is 2. The van der Waals surface area contributed by atoms with E-state index in [9.17, 15) is 9.59 Å². The molecule has 1 aliphatic carbocycles. The highest BCUT2D eigenvalue weighted by Gasteiger charge is 2.28. The predicted molar refractivity (Wildman–Crippen MR) is 69.4 cm³/mol. The standard InChI is InChI=1S/C13H24N2O3/c1-10(11-7-8-11)15-13(18)14-9-5-3-2-4-6-12(16)17/h10-11H,2-9H2,1H3,(H,16,17)(H2,14,15,18). The molecule has 1 atom stereocenters. The summed E-state index contributed by atoms with van der Waals surface area (Å²) in [6.45, 7) is 2.71. The molecule has 3 N–H and O–H groups in total. The van der Waals surface area contributed by atoms with Gasteiger partial charge in [0.2, 0.25) is 0 Å². The van der Waals surface area contributed by atoms with E-state index in [0.29, 0.717) is 12.5 Å². The molecule has 1 saturated carbocycles. The SMILES string of the molecule is CC(NC(=O)NCCCCCCC(=O)O)C1CC1. The van der Waals surface area contributed by atoms with Crippen LogP contribution in [0.25, 0.3) is 0 Å². The fourth-order valence-corrected chi connectivity index (χ4v) is 1.93. The number of nitrogens with one attached hydrogen (secondary N) is 2. The second-order valence-corrected chi connectivity index (χ2v) is 5.08. The Bertz CT molecular complexity index is 277. The third kappa shape index (κ3) is 7.14. The van der Waals surface area contributed by atoms with E-state index in [1.807, 2.05) is 6.92 Å². The average Bonchev–Trinajstić information content (AvgIpc) is 3.10. The highest BCUT2D eigenvalue weighted by molar-refractivity contribution is 5.74. The number of carbonyl (C=O) groups excluding carboxylic acids is 1. The fraction of sp³-hybridized carbons (Fsp3) is 0.846. The lowest BCUT2D eigenvalue weighted by Gasteiger charge is -2.13. The molecule has 5 nitrogen and oxygen atoms in total. The first-order valence-corrected chi connectivity index (χ1v) is 6.85. The maximum Gasteiger partial charge on any atom is 0.315 e. The predicted octanol–water partition coefficient (Wildman–Crippen LogP) is 2.12. The van der Waals surface area contributed by atoms with Crippen LogP contribution in [0.3, 0.4) is 0 Å². The van der Waals surface area contributed by atoms with E-state index in [2.05, 4.69) is 10.6 Å². The van der Waals surface area contributed by atoms with Crippen LogP contribution in [-0.4, -0.2) is 29.7 Å². The molecule has 18 heavy (non-hydrogen) atoms. The van der Waals surface area contributed by atoms with Crippen molar-refractivity contribution in [2.45, 2.75) is 57.9 Å². The Morgan fingerprint density at radius 2 is 1.89 bits per heavy atom. The third-order valence-corrected chi connectivity index (χ3v) is 3.29. The van der Waals surface area contributed by atoms with Gasteiger partial charge in [0.05, 0.1) is 0 Å². The highest BCUT2D eigenvalue weighted by Crippen LogP contribution is 2.32. The number of carboxylic acid groups (broad SMARTS) is 1. The molecule has 104 valence electrons. The van der Waals surface area contributed by atoms with Crippen LogP contribution < -0.4 is 10.6 Å². The average molecular weight is 256 g/mol. The van der Waals surface area contributed by atoms with Crippen molar-refractivity contribution in [3.8, 4) is 0 Å². The minimum Gasteiger partial charge on any atom is -0.481 e. The van der Waals surface area contributed by atoms with Gasteiger partial charge in [-0.2, -0.15) is 0 Å². The summed E-state index contributed by atoms with van der Waals surface area (Å²) < 4.78 is 0. The van der Waals surface area contributed by atoms with Gasteiger partial charge in [0.15, 0.2) is 0 Å². The van der Waals surface area contributed by atoms with Gasteiger partial charge < -0.3 is 15.7 Å². The monoisotopic (exact) mass is 256 g/mol. The van der Waals surface area contributed by atoms with Crippen molar-refractivity contribution in [1.29, 1.82) is 0 Å². The molecular formula is C13H24N2O3. The summed E-state index contributed by atoms with van der Waals surface area (Å²) >= 11 is 0. The van der Waals surface area contributed by atoms with Crippen molar-refractivity contribution in [1.82, 2.24) is 10.6 Å². The number of aliphatic carboxylic acids is 1. The van der Waals surface area contributed by atoms with Gasteiger partial charge in [-0.25, -0.2) is 4.79 Å². The number of unbranched alkanes of at least 4 members (excludes halogenated alkanes) is 3. The van der Waals surface area contributed by atoms with Crippen molar-refractivity contribution >= 4 is 12.0 Å². The Labute approximate surface area is 108 Å². The van der Waals surface area contributed by atoms with Gasteiger partial charge in [-0.05, 0) is 38.5 Å². The second-order valence-electron chi connectivity index (χ2n) is 5.08. The largest absolute Gasteiger partial charge is 0.481 e. The topological polar surface area (TPSA) is 78.4 Å². The number of hydrogen-bond donors (Lipinski definition) is 3. The van der Waals surface area contributed by atoms with E-state index in [0.717, 1.165) is 25.7 Å². The van der Waals surface area contributed by atoms with Gasteiger partial charge in [0.25, 0.3) is 0 Å². The van der Waals surface area contributed by atoms with Crippen LogP contribution in [0, 0.1) is 5.92 Å². The van der Waals surface area contributed by atoms with Crippen molar-refractivity contribution in [3.63, 3.8) is 0 Å². The van der Waals surface area contributed by atoms with E-state index in [1.165, 1.54) is 12.8 Å². The zero-order chi connectivity index (χ0) is 13.4. The molecule has 0 spiro atoms. The Kier molecular flexibility index (Phi) is 6.54. The molecule has 1 rings (SSSR count). The van der Waals surface area contributed by atoms with E-state index >= 15 is 0 Å².